The molecule has 1 aliphatic heterocycles. The summed E-state index contributed by atoms with van der Waals surface area (Å²) in [4.78, 5) is 2.47. The molecule has 2 atom stereocenters. The average molecular weight is 277 g/mol. The van der Waals surface area contributed by atoms with E-state index in [0.717, 1.165) is 38.3 Å². The Morgan fingerprint density at radius 2 is 2.00 bits per heavy atom. The van der Waals surface area contributed by atoms with Crippen molar-refractivity contribution >= 4 is 0 Å². The van der Waals surface area contributed by atoms with Crippen LogP contribution in [0.5, 0.6) is 0 Å². The summed E-state index contributed by atoms with van der Waals surface area (Å²) in [5, 5.41) is 10.4. The topological polar surface area (TPSA) is 32.7 Å². The van der Waals surface area contributed by atoms with Crippen molar-refractivity contribution in [2.45, 2.75) is 39.3 Å². The van der Waals surface area contributed by atoms with E-state index in [0.29, 0.717) is 6.04 Å². The third-order valence-electron chi connectivity index (χ3n) is 3.71. The number of hydrogen-bond acceptors (Lipinski definition) is 3. The van der Waals surface area contributed by atoms with Gasteiger partial charge in [0.2, 0.25) is 0 Å². The van der Waals surface area contributed by atoms with Crippen LogP contribution in [0.4, 0.5) is 0 Å². The highest BCUT2D eigenvalue weighted by molar-refractivity contribution is 5.17. The summed E-state index contributed by atoms with van der Waals surface area (Å²) in [5.74, 6) is 0. The second kappa shape index (κ2) is 6.70. The van der Waals surface area contributed by atoms with Gasteiger partial charge in [-0.15, -0.1) is 0 Å². The number of aliphatic hydroxyl groups excluding tert-OH is 1. The van der Waals surface area contributed by atoms with Crippen molar-refractivity contribution in [3.8, 4) is 0 Å². The minimum Gasteiger partial charge on any atom is -0.388 e. The number of nitrogens with zero attached hydrogens (tertiary/aromatic N) is 1. The van der Waals surface area contributed by atoms with Gasteiger partial charge in [0.15, 0.2) is 0 Å². The van der Waals surface area contributed by atoms with E-state index in [1.54, 1.807) is 0 Å². The second-order valence-corrected chi connectivity index (χ2v) is 6.92. The number of benzene rings is 1. The highest BCUT2D eigenvalue weighted by Crippen LogP contribution is 2.25. The van der Waals surface area contributed by atoms with E-state index in [1.165, 1.54) is 0 Å². The van der Waals surface area contributed by atoms with E-state index in [9.17, 15) is 5.11 Å². The number of rotatable bonds is 4. The summed E-state index contributed by atoms with van der Waals surface area (Å²) in [6.45, 7) is 10.3. The minimum atomic E-state index is -0.412. The van der Waals surface area contributed by atoms with Gasteiger partial charge < -0.3 is 9.84 Å². The molecule has 3 heteroatoms. The second-order valence-electron chi connectivity index (χ2n) is 6.92. The van der Waals surface area contributed by atoms with E-state index < -0.39 is 6.10 Å². The molecule has 0 bridgehead atoms. The van der Waals surface area contributed by atoms with Crippen LogP contribution in [0, 0.1) is 5.41 Å². The van der Waals surface area contributed by atoms with Crippen molar-refractivity contribution in [3.05, 3.63) is 35.9 Å². The van der Waals surface area contributed by atoms with Gasteiger partial charge in [-0.05, 0) is 17.4 Å². The van der Waals surface area contributed by atoms with Crippen molar-refractivity contribution in [2.24, 2.45) is 5.41 Å². The predicted octanol–water partition coefficient (Wildman–Crippen LogP) is 2.86. The molecule has 0 saturated carbocycles. The number of hydrogen-bond donors (Lipinski definition) is 1. The maximum atomic E-state index is 10.4. The van der Waals surface area contributed by atoms with Gasteiger partial charge in [-0.25, -0.2) is 0 Å². The van der Waals surface area contributed by atoms with Crippen LogP contribution in [-0.2, 0) is 4.74 Å². The van der Waals surface area contributed by atoms with Crippen molar-refractivity contribution in [1.29, 1.82) is 0 Å². The first-order valence-electron chi connectivity index (χ1n) is 7.50. The summed E-state index contributed by atoms with van der Waals surface area (Å²) < 4.78 is 5.61. The summed E-state index contributed by atoms with van der Waals surface area (Å²) in [5.41, 5.74) is 1.27. The zero-order valence-electron chi connectivity index (χ0n) is 12.9. The van der Waals surface area contributed by atoms with Crippen molar-refractivity contribution in [3.63, 3.8) is 0 Å². The fraction of sp³-hybridized carbons (Fsp3) is 0.647. The molecule has 0 aliphatic carbocycles. The molecule has 3 nitrogen and oxygen atoms in total. The lowest BCUT2D eigenvalue weighted by Crippen LogP contribution is -2.49. The van der Waals surface area contributed by atoms with Gasteiger partial charge in [-0.2, -0.15) is 0 Å². The van der Waals surface area contributed by atoms with Crippen LogP contribution in [0.3, 0.4) is 0 Å². The molecule has 1 aliphatic rings. The van der Waals surface area contributed by atoms with Crippen molar-refractivity contribution in [1.82, 2.24) is 4.90 Å². The molecule has 1 N–H and O–H groups in total. The zero-order valence-corrected chi connectivity index (χ0v) is 12.9. The maximum absolute atomic E-state index is 10.4. The Kier molecular flexibility index (Phi) is 5.19. The number of morpholine rings is 1. The maximum Gasteiger partial charge on any atom is 0.0805 e. The summed E-state index contributed by atoms with van der Waals surface area (Å²) in [7, 11) is 0. The molecule has 2 rings (SSSR count). The predicted molar refractivity (Wildman–Crippen MR) is 81.7 cm³/mol. The Hall–Kier alpha value is -0.900. The molecule has 2 unspecified atom stereocenters. The normalized spacial score (nSPS) is 22.7. The van der Waals surface area contributed by atoms with Crippen LogP contribution >= 0.6 is 0 Å². The standard InChI is InChI=1S/C17H27NO2/c1-17(2,3)13-18-9-10-20-12-15(18)11-16(19)14-7-5-4-6-8-14/h4-8,15-16,19H,9-13H2,1-3H3. The lowest BCUT2D eigenvalue weighted by atomic mass is 9.93. The molecule has 0 aromatic heterocycles. The SMILES string of the molecule is CC(C)(C)CN1CCOCC1CC(O)c1ccccc1. The van der Waals surface area contributed by atoms with Crippen LogP contribution < -0.4 is 0 Å². The van der Waals surface area contributed by atoms with E-state index in [4.69, 9.17) is 4.74 Å². The van der Waals surface area contributed by atoms with Gasteiger partial charge in [0, 0.05) is 19.1 Å². The van der Waals surface area contributed by atoms with Crippen LogP contribution in [0.25, 0.3) is 0 Å². The first kappa shape index (κ1) is 15.5. The number of ether oxygens (including phenoxy) is 1. The van der Waals surface area contributed by atoms with Crippen LogP contribution in [0.2, 0.25) is 0 Å². The molecule has 20 heavy (non-hydrogen) atoms. The Labute approximate surface area is 122 Å². The highest BCUT2D eigenvalue weighted by Gasteiger charge is 2.28. The number of aliphatic hydroxyl groups is 1. The van der Waals surface area contributed by atoms with Gasteiger partial charge in [-0.3, -0.25) is 4.90 Å². The molecule has 112 valence electrons. The molecular formula is C17H27NO2. The molecule has 0 spiro atoms. The molecule has 1 aromatic rings. The van der Waals surface area contributed by atoms with E-state index in [-0.39, 0.29) is 5.41 Å². The average Bonchev–Trinajstić information content (AvgIpc) is 2.40. The van der Waals surface area contributed by atoms with Gasteiger partial charge in [0.1, 0.15) is 0 Å². The van der Waals surface area contributed by atoms with Gasteiger partial charge in [0.25, 0.3) is 0 Å². The lowest BCUT2D eigenvalue weighted by Gasteiger charge is -2.40. The van der Waals surface area contributed by atoms with Crippen molar-refractivity contribution < 1.29 is 9.84 Å². The van der Waals surface area contributed by atoms with Gasteiger partial charge in [0.05, 0.1) is 19.3 Å². The molecule has 1 aromatic carbocycles. The van der Waals surface area contributed by atoms with E-state index in [1.807, 2.05) is 30.3 Å². The smallest absolute Gasteiger partial charge is 0.0805 e. The van der Waals surface area contributed by atoms with Crippen molar-refractivity contribution in [2.75, 3.05) is 26.3 Å². The van der Waals surface area contributed by atoms with Gasteiger partial charge >= 0.3 is 0 Å². The molecule has 0 radical (unpaired) electrons. The Morgan fingerprint density at radius 1 is 1.30 bits per heavy atom. The molecule has 1 heterocycles. The Bertz CT molecular complexity index is 399. The van der Waals surface area contributed by atoms with Crippen LogP contribution in [0.15, 0.2) is 30.3 Å². The molecular weight excluding hydrogens is 250 g/mol. The summed E-state index contributed by atoms with van der Waals surface area (Å²) in [6.07, 6.45) is 0.325. The molecule has 0 amide bonds. The van der Waals surface area contributed by atoms with Gasteiger partial charge in [-0.1, -0.05) is 51.1 Å². The van der Waals surface area contributed by atoms with Crippen LogP contribution in [0.1, 0.15) is 38.9 Å². The third kappa shape index (κ3) is 4.58. The molecule has 1 fully saturated rings. The summed E-state index contributed by atoms with van der Waals surface area (Å²) >= 11 is 0. The summed E-state index contributed by atoms with van der Waals surface area (Å²) in [6, 6.07) is 10.2. The molecule has 1 saturated heterocycles. The first-order valence-corrected chi connectivity index (χ1v) is 7.50. The fourth-order valence-electron chi connectivity index (χ4n) is 2.79. The lowest BCUT2D eigenvalue weighted by molar-refractivity contribution is -0.0377. The van der Waals surface area contributed by atoms with Crippen LogP contribution in [-0.4, -0.2) is 42.4 Å². The van der Waals surface area contributed by atoms with E-state index >= 15 is 0 Å². The largest absolute Gasteiger partial charge is 0.388 e. The highest BCUT2D eigenvalue weighted by atomic mass is 16.5. The first-order chi connectivity index (χ1) is 9.46. The zero-order chi connectivity index (χ0) is 14.6. The monoisotopic (exact) mass is 277 g/mol. The minimum absolute atomic E-state index is 0.271. The van der Waals surface area contributed by atoms with E-state index in [2.05, 4.69) is 25.7 Å². The Balaban J connectivity index is 1.98. The Morgan fingerprint density at radius 3 is 2.65 bits per heavy atom. The quantitative estimate of drug-likeness (QED) is 0.918. The third-order valence-corrected chi connectivity index (χ3v) is 3.71. The fourth-order valence-corrected chi connectivity index (χ4v) is 2.79.